The Kier molecular flexibility index (Phi) is 5.79. The molecule has 1 fully saturated rings. The summed E-state index contributed by atoms with van der Waals surface area (Å²) >= 11 is 5.67. The Morgan fingerprint density at radius 1 is 0.970 bits per heavy atom. The number of hydrogen-bond acceptors (Lipinski definition) is 5. The molecule has 0 radical (unpaired) electrons. The minimum atomic E-state index is -0.638. The number of carbonyl (C=O) groups is 1. The Labute approximate surface area is 195 Å². The molecule has 1 amide bonds. The number of aromatic nitrogens is 2. The first-order chi connectivity index (χ1) is 16.0. The van der Waals surface area contributed by atoms with Crippen LogP contribution in [0.15, 0.2) is 66.9 Å². The van der Waals surface area contributed by atoms with Crippen molar-refractivity contribution in [2.75, 3.05) is 23.3 Å². The quantitative estimate of drug-likeness (QED) is 0.390. The maximum Gasteiger partial charge on any atom is 0.255 e. The van der Waals surface area contributed by atoms with Crippen molar-refractivity contribution in [3.63, 3.8) is 0 Å². The largest absolute Gasteiger partial charge is 0.457 e. The zero-order valence-corrected chi connectivity index (χ0v) is 18.3. The van der Waals surface area contributed by atoms with Crippen LogP contribution in [0.3, 0.4) is 0 Å². The number of ether oxygens (including phenoxy) is 1. The van der Waals surface area contributed by atoms with Crippen LogP contribution in [0.1, 0.15) is 23.2 Å². The smallest absolute Gasteiger partial charge is 0.255 e. The Morgan fingerprint density at radius 2 is 1.73 bits per heavy atom. The molecular formula is C25H20ClFN4O2. The van der Waals surface area contributed by atoms with Crippen molar-refractivity contribution in [2.45, 2.75) is 12.8 Å². The van der Waals surface area contributed by atoms with Crippen LogP contribution >= 0.6 is 11.6 Å². The van der Waals surface area contributed by atoms with Crippen LogP contribution in [0.4, 0.5) is 15.9 Å². The van der Waals surface area contributed by atoms with Gasteiger partial charge in [-0.2, -0.15) is 0 Å². The van der Waals surface area contributed by atoms with E-state index in [0.29, 0.717) is 17.2 Å². The average molecular weight is 463 g/mol. The molecule has 1 aromatic heterocycles. The molecule has 5 rings (SSSR count). The number of anilines is 2. The van der Waals surface area contributed by atoms with Crippen molar-refractivity contribution in [1.82, 2.24) is 9.97 Å². The minimum absolute atomic E-state index is 0.0278. The summed E-state index contributed by atoms with van der Waals surface area (Å²) in [6.45, 7) is 2.01. The fraction of sp³-hybridized carbons (Fsp3) is 0.160. The Bertz CT molecular complexity index is 1320. The molecule has 1 saturated heterocycles. The molecule has 4 aromatic rings. The van der Waals surface area contributed by atoms with Crippen molar-refractivity contribution < 1.29 is 13.9 Å². The third kappa shape index (κ3) is 4.73. The average Bonchev–Trinajstić information content (AvgIpc) is 3.37. The van der Waals surface area contributed by atoms with Gasteiger partial charge in [-0.15, -0.1) is 0 Å². The summed E-state index contributed by atoms with van der Waals surface area (Å²) < 4.78 is 19.6. The predicted octanol–water partition coefficient (Wildman–Crippen LogP) is 6.07. The number of nitrogens with one attached hydrogen (secondary N) is 1. The van der Waals surface area contributed by atoms with Gasteiger partial charge in [0.05, 0.1) is 22.3 Å². The van der Waals surface area contributed by atoms with E-state index in [9.17, 15) is 9.18 Å². The van der Waals surface area contributed by atoms with Crippen LogP contribution in [0.25, 0.3) is 11.0 Å². The van der Waals surface area contributed by atoms with E-state index in [1.807, 2.05) is 24.4 Å². The van der Waals surface area contributed by atoms with E-state index in [1.165, 1.54) is 25.0 Å². The lowest BCUT2D eigenvalue weighted by Crippen LogP contribution is -2.19. The van der Waals surface area contributed by atoms with Gasteiger partial charge in [-0.3, -0.25) is 9.78 Å². The summed E-state index contributed by atoms with van der Waals surface area (Å²) in [4.78, 5) is 23.8. The molecule has 33 heavy (non-hydrogen) atoms. The van der Waals surface area contributed by atoms with Crippen molar-refractivity contribution in [3.05, 3.63) is 83.3 Å². The molecule has 1 aliphatic heterocycles. The Hall–Kier alpha value is -3.71. The fourth-order valence-corrected chi connectivity index (χ4v) is 3.84. The lowest BCUT2D eigenvalue weighted by atomic mass is 10.2. The zero-order chi connectivity index (χ0) is 22.8. The standard InChI is InChI=1S/C25H20ClFN4O2/c26-20-9-3-16(13-21(20)27)25(32)29-17-4-6-18(7-5-17)33-19-8-10-22-23(14-19)30-24(15-28-22)31-11-1-2-12-31/h3-10,13-15H,1-2,11-12H2,(H,29,32). The highest BCUT2D eigenvalue weighted by atomic mass is 35.5. The van der Waals surface area contributed by atoms with Crippen LogP contribution in [0.5, 0.6) is 11.5 Å². The van der Waals surface area contributed by atoms with E-state index < -0.39 is 11.7 Å². The van der Waals surface area contributed by atoms with Gasteiger partial charge in [0, 0.05) is 30.4 Å². The van der Waals surface area contributed by atoms with Crippen LogP contribution in [0.2, 0.25) is 5.02 Å². The highest BCUT2D eigenvalue weighted by Gasteiger charge is 2.15. The third-order valence-electron chi connectivity index (χ3n) is 5.46. The third-order valence-corrected chi connectivity index (χ3v) is 5.77. The van der Waals surface area contributed by atoms with Gasteiger partial charge in [0.25, 0.3) is 5.91 Å². The van der Waals surface area contributed by atoms with Crippen LogP contribution in [-0.4, -0.2) is 29.0 Å². The maximum absolute atomic E-state index is 13.6. The Morgan fingerprint density at radius 3 is 2.48 bits per heavy atom. The molecule has 3 aromatic carbocycles. The second kappa shape index (κ2) is 9.03. The molecule has 0 aliphatic carbocycles. The van der Waals surface area contributed by atoms with Gasteiger partial charge in [0.1, 0.15) is 23.1 Å². The molecule has 1 aliphatic rings. The summed E-state index contributed by atoms with van der Waals surface area (Å²) in [6, 6.07) is 16.4. The first kappa shape index (κ1) is 21.2. The summed E-state index contributed by atoms with van der Waals surface area (Å²) in [6.07, 6.45) is 4.17. The van der Waals surface area contributed by atoms with Crippen LogP contribution in [0, 0.1) is 5.82 Å². The van der Waals surface area contributed by atoms with Gasteiger partial charge < -0.3 is 15.0 Å². The molecule has 0 saturated carbocycles. The molecule has 2 heterocycles. The number of hydrogen-bond donors (Lipinski definition) is 1. The van der Waals surface area contributed by atoms with E-state index in [0.717, 1.165) is 36.0 Å². The second-order valence-electron chi connectivity index (χ2n) is 7.78. The van der Waals surface area contributed by atoms with Gasteiger partial charge in [0.15, 0.2) is 0 Å². The van der Waals surface area contributed by atoms with Crippen LogP contribution in [-0.2, 0) is 0 Å². The number of halogens is 2. The van der Waals surface area contributed by atoms with E-state index in [1.54, 1.807) is 24.3 Å². The first-order valence-corrected chi connectivity index (χ1v) is 11.0. The van der Waals surface area contributed by atoms with E-state index in [2.05, 4.69) is 15.2 Å². The lowest BCUT2D eigenvalue weighted by Gasteiger charge is -2.16. The number of amides is 1. The normalized spacial score (nSPS) is 13.3. The second-order valence-corrected chi connectivity index (χ2v) is 8.19. The minimum Gasteiger partial charge on any atom is -0.457 e. The van der Waals surface area contributed by atoms with Crippen molar-refractivity contribution >= 4 is 40.0 Å². The number of carbonyl (C=O) groups excluding carboxylic acids is 1. The van der Waals surface area contributed by atoms with E-state index in [4.69, 9.17) is 21.3 Å². The number of fused-ring (bicyclic) bond motifs is 1. The van der Waals surface area contributed by atoms with E-state index >= 15 is 0 Å². The van der Waals surface area contributed by atoms with Gasteiger partial charge >= 0.3 is 0 Å². The molecule has 0 spiro atoms. The summed E-state index contributed by atoms with van der Waals surface area (Å²) in [5.41, 5.74) is 2.32. The molecule has 1 N–H and O–H groups in total. The van der Waals surface area contributed by atoms with Crippen molar-refractivity contribution in [1.29, 1.82) is 0 Å². The summed E-state index contributed by atoms with van der Waals surface area (Å²) in [5.74, 6) is 1.07. The predicted molar refractivity (Wildman–Crippen MR) is 127 cm³/mol. The zero-order valence-electron chi connectivity index (χ0n) is 17.6. The number of rotatable bonds is 5. The molecule has 166 valence electrons. The monoisotopic (exact) mass is 462 g/mol. The van der Waals surface area contributed by atoms with Crippen molar-refractivity contribution in [3.8, 4) is 11.5 Å². The van der Waals surface area contributed by atoms with Gasteiger partial charge in [-0.05, 0) is 67.4 Å². The Balaban J connectivity index is 1.28. The van der Waals surface area contributed by atoms with Crippen LogP contribution < -0.4 is 15.0 Å². The van der Waals surface area contributed by atoms with Gasteiger partial charge in [0.2, 0.25) is 0 Å². The highest BCUT2D eigenvalue weighted by Crippen LogP contribution is 2.27. The lowest BCUT2D eigenvalue weighted by molar-refractivity contribution is 0.102. The summed E-state index contributed by atoms with van der Waals surface area (Å²) in [5, 5.41) is 2.70. The number of benzene rings is 3. The number of nitrogens with zero attached hydrogens (tertiary/aromatic N) is 3. The molecule has 6 nitrogen and oxygen atoms in total. The maximum atomic E-state index is 13.6. The van der Waals surface area contributed by atoms with Gasteiger partial charge in [-0.25, -0.2) is 9.37 Å². The molecule has 0 atom stereocenters. The topological polar surface area (TPSA) is 67.3 Å². The molecule has 0 unspecified atom stereocenters. The SMILES string of the molecule is O=C(Nc1ccc(Oc2ccc3ncc(N4CCCC4)nc3c2)cc1)c1ccc(Cl)c(F)c1. The molecular weight excluding hydrogens is 443 g/mol. The fourth-order valence-electron chi connectivity index (χ4n) is 3.73. The van der Waals surface area contributed by atoms with Crippen molar-refractivity contribution in [2.24, 2.45) is 0 Å². The van der Waals surface area contributed by atoms with Gasteiger partial charge in [-0.1, -0.05) is 11.6 Å². The first-order valence-electron chi connectivity index (χ1n) is 10.6. The molecule has 8 heteroatoms. The molecule has 0 bridgehead atoms. The summed E-state index contributed by atoms with van der Waals surface area (Å²) in [7, 11) is 0. The highest BCUT2D eigenvalue weighted by molar-refractivity contribution is 6.30. The van der Waals surface area contributed by atoms with E-state index in [-0.39, 0.29) is 10.6 Å².